The largest absolute Gasteiger partial charge is 0.298 e. The van der Waals surface area contributed by atoms with Crippen molar-refractivity contribution >= 4 is 29.4 Å². The van der Waals surface area contributed by atoms with Crippen LogP contribution in [0.5, 0.6) is 0 Å². The molecule has 5 unspecified atom stereocenters. The van der Waals surface area contributed by atoms with Gasteiger partial charge in [0.25, 0.3) is 0 Å². The molecule has 7 aliphatic carbocycles. The summed E-state index contributed by atoms with van der Waals surface area (Å²) in [5, 5.41) is 1.55. The maximum absolute atomic E-state index is 6.21. The van der Waals surface area contributed by atoms with Crippen molar-refractivity contribution < 1.29 is 0 Å². The smallest absolute Gasteiger partial charge is 0.0541 e. The van der Waals surface area contributed by atoms with Gasteiger partial charge in [-0.15, -0.1) is 0 Å². The van der Waals surface area contributed by atoms with Crippen LogP contribution < -0.4 is 0 Å². The van der Waals surface area contributed by atoms with E-state index >= 15 is 0 Å². The van der Waals surface area contributed by atoms with Gasteiger partial charge in [0.05, 0.1) is 6.54 Å². The Labute approximate surface area is 209 Å². The number of hydrogen-bond acceptors (Lipinski definition) is 2. The molecule has 0 aromatic rings. The highest BCUT2D eigenvalue weighted by Gasteiger charge is 2.54. The Morgan fingerprint density at radius 2 is 2.00 bits per heavy atom. The Morgan fingerprint density at radius 3 is 2.79 bits per heavy atom. The fourth-order valence-electron chi connectivity index (χ4n) is 7.81. The molecule has 0 amide bonds. The molecule has 33 heavy (non-hydrogen) atoms. The Kier molecular flexibility index (Phi) is 6.00. The summed E-state index contributed by atoms with van der Waals surface area (Å²) in [6.45, 7) is 5.61. The van der Waals surface area contributed by atoms with Crippen LogP contribution in [-0.4, -0.2) is 36.8 Å². The third kappa shape index (κ3) is 4.37. The van der Waals surface area contributed by atoms with E-state index in [1.807, 2.05) is 11.6 Å². The van der Waals surface area contributed by atoms with Crippen LogP contribution in [0.4, 0.5) is 0 Å². The molecule has 3 saturated carbocycles. The van der Waals surface area contributed by atoms with Crippen LogP contribution >= 0.6 is 23.2 Å². The van der Waals surface area contributed by atoms with Gasteiger partial charge in [0, 0.05) is 34.8 Å². The van der Waals surface area contributed by atoms with Crippen LogP contribution in [0.2, 0.25) is 0 Å². The number of aliphatic imine (C=N–C) groups is 1. The normalized spacial score (nSPS) is 40.2. The fourth-order valence-corrected chi connectivity index (χ4v) is 8.45. The van der Waals surface area contributed by atoms with Gasteiger partial charge < -0.3 is 0 Å². The number of halogens is 2. The summed E-state index contributed by atoms with van der Waals surface area (Å²) in [4.78, 5) is 7.57. The van der Waals surface area contributed by atoms with Crippen LogP contribution in [0.15, 0.2) is 62.2 Å². The zero-order chi connectivity index (χ0) is 22.6. The minimum atomic E-state index is 0.229. The molecular weight excluding hydrogens is 447 g/mol. The van der Waals surface area contributed by atoms with E-state index in [1.54, 1.807) is 5.57 Å². The van der Waals surface area contributed by atoms with Gasteiger partial charge in [-0.25, -0.2) is 0 Å². The standard InChI is InChI=1S/C29H36Cl2N2/c1-19-7-21(9-24(8-19)29-5-4-28-22(14-29)12-23(28)15-29)18-33-6-2-3-27(33)17-32-16-20-10-25(30)13-26(31)11-20/h4,7-8,10,13,16,20-23,27H,2-3,5-6,9,11-12,14-15,17-18H2,1H3. The minimum absolute atomic E-state index is 0.229. The number of likely N-dealkylation sites (tertiary alicyclic amines) is 1. The van der Waals surface area contributed by atoms with E-state index in [0.29, 0.717) is 17.4 Å². The highest BCUT2D eigenvalue weighted by atomic mass is 35.5. The number of fused-ring (bicyclic) bond motifs is 1. The van der Waals surface area contributed by atoms with Gasteiger partial charge >= 0.3 is 0 Å². The Bertz CT molecular complexity index is 983. The third-order valence-electron chi connectivity index (χ3n) is 9.26. The maximum atomic E-state index is 6.21. The monoisotopic (exact) mass is 482 g/mol. The zero-order valence-corrected chi connectivity index (χ0v) is 21.3. The molecule has 8 rings (SSSR count). The van der Waals surface area contributed by atoms with Crippen molar-refractivity contribution in [1.29, 1.82) is 0 Å². The molecule has 1 aliphatic heterocycles. The average Bonchev–Trinajstić information content (AvgIpc) is 3.19. The predicted octanol–water partition coefficient (Wildman–Crippen LogP) is 7.43. The second-order valence-electron chi connectivity index (χ2n) is 11.6. The summed E-state index contributed by atoms with van der Waals surface area (Å²) in [6, 6.07) is 0.569. The van der Waals surface area contributed by atoms with Crippen molar-refractivity contribution in [3.63, 3.8) is 0 Å². The van der Waals surface area contributed by atoms with E-state index in [1.165, 1.54) is 63.6 Å². The molecule has 176 valence electrons. The van der Waals surface area contributed by atoms with E-state index in [9.17, 15) is 0 Å². The summed E-state index contributed by atoms with van der Waals surface area (Å²) < 4.78 is 0. The first kappa shape index (κ1) is 22.4. The summed E-state index contributed by atoms with van der Waals surface area (Å²) in [5.41, 5.74) is 5.57. The molecule has 0 radical (unpaired) electrons. The quantitative estimate of drug-likeness (QED) is 0.283. The molecule has 0 aromatic heterocycles. The van der Waals surface area contributed by atoms with Gasteiger partial charge in [0.15, 0.2) is 0 Å². The molecule has 0 N–H and O–H groups in total. The lowest BCUT2D eigenvalue weighted by molar-refractivity contribution is 0.0619. The van der Waals surface area contributed by atoms with Gasteiger partial charge in [0.1, 0.15) is 0 Å². The lowest BCUT2D eigenvalue weighted by atomic mass is 9.45. The van der Waals surface area contributed by atoms with Gasteiger partial charge in [-0.3, -0.25) is 9.89 Å². The van der Waals surface area contributed by atoms with E-state index < -0.39 is 0 Å². The highest BCUT2D eigenvalue weighted by Crippen LogP contribution is 2.65. The number of rotatable bonds is 6. The molecule has 4 heteroatoms. The van der Waals surface area contributed by atoms with Crippen molar-refractivity contribution in [1.82, 2.24) is 4.90 Å². The van der Waals surface area contributed by atoms with Crippen LogP contribution in [-0.2, 0) is 0 Å². The number of nitrogens with zero attached hydrogens (tertiary/aromatic N) is 2. The topological polar surface area (TPSA) is 15.6 Å². The molecular formula is C29H36Cl2N2. The van der Waals surface area contributed by atoms with Crippen molar-refractivity contribution in [2.24, 2.45) is 34.1 Å². The molecule has 0 aromatic carbocycles. The van der Waals surface area contributed by atoms with Crippen LogP contribution in [0, 0.1) is 29.1 Å². The Morgan fingerprint density at radius 1 is 1.15 bits per heavy atom. The lowest BCUT2D eigenvalue weighted by Crippen LogP contribution is -2.48. The second kappa shape index (κ2) is 8.85. The van der Waals surface area contributed by atoms with E-state index in [2.05, 4.69) is 42.3 Å². The molecule has 4 bridgehead atoms. The Balaban J connectivity index is 1.07. The third-order valence-corrected chi connectivity index (χ3v) is 9.76. The first-order valence-electron chi connectivity index (χ1n) is 13.0. The summed E-state index contributed by atoms with van der Waals surface area (Å²) in [5.74, 6) is 2.72. The van der Waals surface area contributed by atoms with Crippen molar-refractivity contribution in [3.8, 4) is 0 Å². The van der Waals surface area contributed by atoms with Crippen LogP contribution in [0.1, 0.15) is 58.3 Å². The van der Waals surface area contributed by atoms with Crippen molar-refractivity contribution in [2.75, 3.05) is 19.6 Å². The molecule has 5 atom stereocenters. The highest BCUT2D eigenvalue weighted by molar-refractivity contribution is 6.35. The molecule has 4 fully saturated rings. The van der Waals surface area contributed by atoms with Gasteiger partial charge in [0.2, 0.25) is 0 Å². The predicted molar refractivity (Wildman–Crippen MR) is 140 cm³/mol. The van der Waals surface area contributed by atoms with Crippen molar-refractivity contribution in [2.45, 2.75) is 64.3 Å². The van der Waals surface area contributed by atoms with Gasteiger partial charge in [-0.2, -0.15) is 0 Å². The molecule has 1 heterocycles. The van der Waals surface area contributed by atoms with Gasteiger partial charge in [-0.05, 0) is 94.1 Å². The summed E-state index contributed by atoms with van der Waals surface area (Å²) in [6.07, 6.45) is 24.0. The maximum Gasteiger partial charge on any atom is 0.0541 e. The summed E-state index contributed by atoms with van der Waals surface area (Å²) >= 11 is 12.4. The second-order valence-corrected chi connectivity index (χ2v) is 12.5. The van der Waals surface area contributed by atoms with E-state index in [4.69, 9.17) is 28.2 Å². The van der Waals surface area contributed by atoms with Crippen LogP contribution in [0.3, 0.4) is 0 Å². The first-order valence-corrected chi connectivity index (χ1v) is 13.8. The zero-order valence-electron chi connectivity index (χ0n) is 19.8. The molecule has 2 nitrogen and oxygen atoms in total. The van der Waals surface area contributed by atoms with Crippen molar-refractivity contribution in [3.05, 3.63) is 57.2 Å². The number of hydrogen-bond donors (Lipinski definition) is 0. The Hall–Kier alpha value is -1.09. The van der Waals surface area contributed by atoms with E-state index in [0.717, 1.165) is 34.9 Å². The average molecular weight is 484 g/mol. The number of allylic oxidation sites excluding steroid dienone is 9. The van der Waals surface area contributed by atoms with Crippen LogP contribution in [0.25, 0.3) is 0 Å². The SMILES string of the molecule is CC1=CC(CN2CCCC2CN=CC2C=C(Cl)C=C(Cl)C2)CC(C23CC=C4C(CC4C2)C3)=C1. The fraction of sp³-hybridized carbons (Fsp3) is 0.621. The van der Waals surface area contributed by atoms with E-state index in [-0.39, 0.29) is 5.92 Å². The molecule has 1 saturated heterocycles. The lowest BCUT2D eigenvalue weighted by Gasteiger charge is -2.59. The summed E-state index contributed by atoms with van der Waals surface area (Å²) in [7, 11) is 0. The minimum Gasteiger partial charge on any atom is -0.298 e. The van der Waals surface area contributed by atoms with Gasteiger partial charge in [-0.1, -0.05) is 64.2 Å². The molecule has 8 aliphatic rings. The molecule has 0 spiro atoms. The first-order chi connectivity index (χ1) is 16.0.